The van der Waals surface area contributed by atoms with Crippen molar-refractivity contribution in [2.45, 2.75) is 26.2 Å². The fourth-order valence-corrected chi connectivity index (χ4v) is 2.99. The Bertz CT molecular complexity index is 662. The number of rotatable bonds is 2. The molecule has 1 aliphatic rings. The van der Waals surface area contributed by atoms with Gasteiger partial charge in [0.2, 0.25) is 0 Å². The topological polar surface area (TPSA) is 25.8 Å². The van der Waals surface area contributed by atoms with Crippen molar-refractivity contribution in [2.75, 3.05) is 0 Å². The minimum atomic E-state index is -0.345. The summed E-state index contributed by atoms with van der Waals surface area (Å²) in [4.78, 5) is 8.69. The van der Waals surface area contributed by atoms with Crippen LogP contribution in [0.25, 0.3) is 11.1 Å². The predicted octanol–water partition coefficient (Wildman–Crippen LogP) is 5.10. The quantitative estimate of drug-likeness (QED) is 0.721. The zero-order valence-corrected chi connectivity index (χ0v) is 12.6. The van der Waals surface area contributed by atoms with Gasteiger partial charge in [0, 0.05) is 5.92 Å². The second kappa shape index (κ2) is 4.68. The van der Waals surface area contributed by atoms with E-state index in [-0.39, 0.29) is 21.5 Å². The molecule has 0 N–H and O–H groups in total. The van der Waals surface area contributed by atoms with E-state index in [1.807, 2.05) is 0 Å². The number of hydrogen-bond donors (Lipinski definition) is 0. The van der Waals surface area contributed by atoms with Crippen LogP contribution in [0.1, 0.15) is 32.0 Å². The lowest BCUT2D eigenvalue weighted by Crippen LogP contribution is -2.00. The molecule has 20 heavy (non-hydrogen) atoms. The summed E-state index contributed by atoms with van der Waals surface area (Å²) in [6.07, 6.45) is 1.03. The molecule has 3 rings (SSSR count). The Kier molecular flexibility index (Phi) is 3.22. The molecule has 104 valence electrons. The molecule has 2 nitrogen and oxygen atoms in total. The van der Waals surface area contributed by atoms with E-state index in [1.54, 1.807) is 12.1 Å². The highest BCUT2D eigenvalue weighted by Gasteiger charge is 2.48. The van der Waals surface area contributed by atoms with Gasteiger partial charge in [0.05, 0.1) is 5.56 Å². The van der Waals surface area contributed by atoms with Gasteiger partial charge in [-0.3, -0.25) is 0 Å². The van der Waals surface area contributed by atoms with E-state index in [2.05, 4.69) is 23.8 Å². The lowest BCUT2D eigenvalue weighted by Gasteiger charge is -2.09. The van der Waals surface area contributed by atoms with E-state index in [0.29, 0.717) is 22.9 Å². The highest BCUT2D eigenvalue weighted by atomic mass is 35.5. The standard InChI is InChI=1S/C15H13Cl2FN2/c1-15(2)7-10(15)14-19-12(16)11(13(17)20-14)8-4-3-5-9(18)6-8/h3-6,10H,7H2,1-2H3. The van der Waals surface area contributed by atoms with Gasteiger partial charge in [0.25, 0.3) is 0 Å². The molecule has 1 aliphatic carbocycles. The van der Waals surface area contributed by atoms with Gasteiger partial charge in [0.1, 0.15) is 21.9 Å². The number of hydrogen-bond acceptors (Lipinski definition) is 2. The van der Waals surface area contributed by atoms with Crippen molar-refractivity contribution in [3.63, 3.8) is 0 Å². The molecule has 0 radical (unpaired) electrons. The minimum absolute atomic E-state index is 0.201. The van der Waals surface area contributed by atoms with Crippen LogP contribution in [-0.4, -0.2) is 9.97 Å². The Morgan fingerprint density at radius 3 is 2.30 bits per heavy atom. The summed E-state index contributed by atoms with van der Waals surface area (Å²) in [5.41, 5.74) is 1.27. The molecule has 0 aliphatic heterocycles. The largest absolute Gasteiger partial charge is 0.220 e. The highest BCUT2D eigenvalue weighted by Crippen LogP contribution is 2.58. The molecule has 0 spiro atoms. The summed E-state index contributed by atoms with van der Waals surface area (Å²) in [6.45, 7) is 4.31. The molecule has 1 aromatic heterocycles. The van der Waals surface area contributed by atoms with E-state index in [1.165, 1.54) is 12.1 Å². The van der Waals surface area contributed by atoms with Crippen molar-refractivity contribution in [3.8, 4) is 11.1 Å². The first-order chi connectivity index (χ1) is 9.38. The summed E-state index contributed by atoms with van der Waals surface area (Å²) in [5.74, 6) is 0.617. The Balaban J connectivity index is 2.06. The first kappa shape index (κ1) is 13.8. The molecule has 0 saturated heterocycles. The van der Waals surface area contributed by atoms with Gasteiger partial charge >= 0.3 is 0 Å². The summed E-state index contributed by atoms with van der Waals surface area (Å²) in [7, 11) is 0. The maximum Gasteiger partial charge on any atom is 0.142 e. The normalized spacial score (nSPS) is 19.9. The molecule has 1 saturated carbocycles. The maximum atomic E-state index is 13.3. The molecule has 0 amide bonds. The number of halogens is 3. The second-order valence-corrected chi connectivity index (χ2v) is 6.51. The van der Waals surface area contributed by atoms with E-state index in [0.717, 1.165) is 6.42 Å². The fourth-order valence-electron chi connectivity index (χ4n) is 2.37. The van der Waals surface area contributed by atoms with Gasteiger partial charge < -0.3 is 0 Å². The van der Waals surface area contributed by atoms with Crippen molar-refractivity contribution in [2.24, 2.45) is 5.41 Å². The molecule has 0 bridgehead atoms. The fraction of sp³-hybridized carbons (Fsp3) is 0.333. The third kappa shape index (κ3) is 2.40. The van der Waals surface area contributed by atoms with Crippen LogP contribution in [0, 0.1) is 11.2 Å². The summed E-state index contributed by atoms with van der Waals surface area (Å²) in [5, 5.41) is 0.543. The third-order valence-electron chi connectivity index (χ3n) is 3.78. The minimum Gasteiger partial charge on any atom is -0.220 e. The maximum absolute atomic E-state index is 13.3. The first-order valence-corrected chi connectivity index (χ1v) is 7.13. The molecule has 1 heterocycles. The van der Waals surface area contributed by atoms with Crippen molar-refractivity contribution in [1.29, 1.82) is 0 Å². The number of aromatic nitrogens is 2. The predicted molar refractivity (Wildman–Crippen MR) is 78.6 cm³/mol. The lowest BCUT2D eigenvalue weighted by molar-refractivity contribution is 0.608. The number of benzene rings is 1. The Morgan fingerprint density at radius 1 is 1.20 bits per heavy atom. The lowest BCUT2D eigenvalue weighted by atomic mass is 10.1. The van der Waals surface area contributed by atoms with Gasteiger partial charge in [-0.2, -0.15) is 0 Å². The van der Waals surface area contributed by atoms with Gasteiger partial charge in [-0.25, -0.2) is 14.4 Å². The molecule has 1 atom stereocenters. The van der Waals surface area contributed by atoms with Crippen LogP contribution in [0.4, 0.5) is 4.39 Å². The SMILES string of the molecule is CC1(C)CC1c1nc(Cl)c(-c2cccc(F)c2)c(Cl)n1. The van der Waals surface area contributed by atoms with Crippen LogP contribution < -0.4 is 0 Å². The molecule has 1 fully saturated rings. The van der Waals surface area contributed by atoms with Crippen LogP contribution in [0.15, 0.2) is 24.3 Å². The Morgan fingerprint density at radius 2 is 1.80 bits per heavy atom. The smallest absolute Gasteiger partial charge is 0.142 e. The molecular formula is C15H13Cl2FN2. The van der Waals surface area contributed by atoms with Crippen LogP contribution in [0.3, 0.4) is 0 Å². The molecular weight excluding hydrogens is 298 g/mol. The van der Waals surface area contributed by atoms with Gasteiger partial charge in [-0.1, -0.05) is 49.2 Å². The van der Waals surface area contributed by atoms with Gasteiger partial charge in [-0.15, -0.1) is 0 Å². The van der Waals surface area contributed by atoms with E-state index in [9.17, 15) is 4.39 Å². The van der Waals surface area contributed by atoms with Crippen molar-refractivity contribution < 1.29 is 4.39 Å². The molecule has 1 unspecified atom stereocenters. The second-order valence-electron chi connectivity index (χ2n) is 5.79. The average Bonchev–Trinajstić information content (AvgIpc) is 2.97. The first-order valence-electron chi connectivity index (χ1n) is 6.37. The van der Waals surface area contributed by atoms with Gasteiger partial charge in [-0.05, 0) is 29.5 Å². The van der Waals surface area contributed by atoms with Crippen LogP contribution >= 0.6 is 23.2 Å². The van der Waals surface area contributed by atoms with Crippen LogP contribution in [0.2, 0.25) is 10.3 Å². The van der Waals surface area contributed by atoms with Crippen LogP contribution in [0.5, 0.6) is 0 Å². The third-order valence-corrected chi connectivity index (χ3v) is 4.32. The van der Waals surface area contributed by atoms with Crippen molar-refractivity contribution in [1.82, 2.24) is 9.97 Å². The van der Waals surface area contributed by atoms with E-state index in [4.69, 9.17) is 23.2 Å². The Labute approximate surface area is 127 Å². The zero-order valence-electron chi connectivity index (χ0n) is 11.1. The number of nitrogens with zero attached hydrogens (tertiary/aromatic N) is 2. The molecule has 1 aromatic carbocycles. The molecule has 2 aromatic rings. The van der Waals surface area contributed by atoms with E-state index >= 15 is 0 Å². The molecule has 5 heteroatoms. The van der Waals surface area contributed by atoms with Crippen molar-refractivity contribution >= 4 is 23.2 Å². The average molecular weight is 311 g/mol. The zero-order chi connectivity index (χ0) is 14.5. The van der Waals surface area contributed by atoms with Crippen LogP contribution in [-0.2, 0) is 0 Å². The summed E-state index contributed by atoms with van der Waals surface area (Å²) in [6, 6.07) is 6.08. The Hall–Kier alpha value is -1.19. The summed E-state index contributed by atoms with van der Waals surface area (Å²) >= 11 is 12.5. The van der Waals surface area contributed by atoms with E-state index < -0.39 is 0 Å². The highest BCUT2D eigenvalue weighted by molar-refractivity contribution is 6.37. The summed E-state index contributed by atoms with van der Waals surface area (Å²) < 4.78 is 13.3. The monoisotopic (exact) mass is 310 g/mol. The van der Waals surface area contributed by atoms with Gasteiger partial charge in [0.15, 0.2) is 0 Å². The van der Waals surface area contributed by atoms with Crippen molar-refractivity contribution in [3.05, 3.63) is 46.2 Å².